The van der Waals surface area contributed by atoms with E-state index in [-0.39, 0.29) is 43.9 Å². The Balaban J connectivity index is 1.40. The Morgan fingerprint density at radius 2 is 1.81 bits per heavy atom. The Morgan fingerprint density at radius 1 is 1.06 bits per heavy atom. The van der Waals surface area contributed by atoms with Crippen molar-refractivity contribution in [2.75, 3.05) is 46.9 Å². The molecule has 3 N–H and O–H groups in total. The molecule has 354 valence electrons. The third-order valence-electron chi connectivity index (χ3n) is 14.4. The van der Waals surface area contributed by atoms with Gasteiger partial charge in [0, 0.05) is 48.6 Å². The number of carbonyl (C=O) groups excluding carboxylic acids is 4. The van der Waals surface area contributed by atoms with Gasteiger partial charge in [-0.25, -0.2) is 4.79 Å². The van der Waals surface area contributed by atoms with E-state index in [1.54, 1.807) is 20.0 Å². The van der Waals surface area contributed by atoms with E-state index in [9.17, 15) is 19.5 Å². The molecule has 6 rings (SSSR count). The molecule has 1 aromatic heterocycles. The van der Waals surface area contributed by atoms with Gasteiger partial charge in [0.05, 0.1) is 41.9 Å². The molecule has 1 aromatic carbocycles. The van der Waals surface area contributed by atoms with Crippen molar-refractivity contribution >= 4 is 40.6 Å². The summed E-state index contributed by atoms with van der Waals surface area (Å²) in [5.74, 6) is -5.24. The maximum Gasteiger partial charge on any atom is 0.408 e. The van der Waals surface area contributed by atoms with Crippen molar-refractivity contribution in [2.45, 2.75) is 148 Å². The first-order valence-electron chi connectivity index (χ1n) is 23.4. The molecule has 2 aromatic rings. The Morgan fingerprint density at radius 3 is 2.53 bits per heavy atom. The van der Waals surface area contributed by atoms with Gasteiger partial charge in [0.2, 0.25) is 0 Å². The number of likely N-dealkylation sites (N-methyl/N-ethyl adjacent to an activating group) is 2. The molecule has 4 saturated heterocycles. The minimum atomic E-state index is -1.44. The number of carbonyl (C=O) groups is 4. The van der Waals surface area contributed by atoms with Gasteiger partial charge in [-0.05, 0) is 105 Å². The van der Waals surface area contributed by atoms with Crippen molar-refractivity contribution in [3.05, 3.63) is 48.2 Å². The number of fused-ring (bicyclic) bond motifs is 2. The Hall–Kier alpha value is -3.83. The van der Waals surface area contributed by atoms with Crippen LogP contribution >= 0.6 is 0 Å². The molecule has 64 heavy (non-hydrogen) atoms. The SMILES string of the molecule is CC[C@H]1OC(=O)[C@H](C)C(=O)[C@H](C)[C@@H](O[C@@H]2O[C@H](C)C[C@H](N(C)C)[C@H]2O)[C@@](C)(OC/C=C/c2cnc3ccccc3c2)C[C@@H](C)C(=O)[C@H](CNCC2CCCN2CC)[C@H]2NC(=O)O[C@@]21C. The fourth-order valence-electron chi connectivity index (χ4n) is 10.7. The number of nitrogens with zero attached hydrogens (tertiary/aromatic N) is 3. The van der Waals surface area contributed by atoms with E-state index in [0.717, 1.165) is 42.4 Å². The van der Waals surface area contributed by atoms with E-state index < -0.39 is 83.4 Å². The Bertz CT molecular complexity index is 1980. The fourth-order valence-corrected chi connectivity index (χ4v) is 10.7. The molecule has 5 heterocycles. The number of hydrogen-bond donors (Lipinski definition) is 3. The zero-order chi connectivity index (χ0) is 46.5. The van der Waals surface area contributed by atoms with Crippen LogP contribution < -0.4 is 10.6 Å². The molecule has 1 unspecified atom stereocenters. The van der Waals surface area contributed by atoms with E-state index in [4.69, 9.17) is 23.7 Å². The number of rotatable bonds is 13. The number of aliphatic hydroxyl groups is 1. The Labute approximate surface area is 379 Å². The van der Waals surface area contributed by atoms with Crippen LogP contribution in [0.3, 0.4) is 0 Å². The molecule has 4 aliphatic rings. The monoisotopic (exact) mass is 892 g/mol. The van der Waals surface area contributed by atoms with Crippen LogP contribution in [0.1, 0.15) is 93.1 Å². The maximum absolute atomic E-state index is 15.3. The molecule has 0 bridgehead atoms. The predicted octanol–water partition coefficient (Wildman–Crippen LogP) is 5.16. The number of para-hydroxylation sites is 1. The van der Waals surface area contributed by atoms with E-state index in [1.807, 2.05) is 89.2 Å². The number of likely N-dealkylation sites (tertiary alicyclic amines) is 1. The average molecular weight is 892 g/mol. The van der Waals surface area contributed by atoms with Gasteiger partial charge in [-0.2, -0.15) is 0 Å². The van der Waals surface area contributed by atoms with Crippen LogP contribution in [-0.4, -0.2) is 150 Å². The van der Waals surface area contributed by atoms with Crippen molar-refractivity contribution in [3.8, 4) is 0 Å². The number of ketones is 2. The van der Waals surface area contributed by atoms with Crippen LogP contribution in [0.15, 0.2) is 42.6 Å². The van der Waals surface area contributed by atoms with Crippen LogP contribution in [0, 0.1) is 23.7 Å². The third-order valence-corrected chi connectivity index (χ3v) is 14.4. The maximum atomic E-state index is 15.3. The van der Waals surface area contributed by atoms with Crippen molar-refractivity contribution < 1.29 is 48.0 Å². The first-order valence-corrected chi connectivity index (χ1v) is 23.4. The molecular weight excluding hydrogens is 819 g/mol. The number of ether oxygens (including phenoxy) is 5. The minimum absolute atomic E-state index is 0.0521. The van der Waals surface area contributed by atoms with Gasteiger partial charge in [-0.1, -0.05) is 58.0 Å². The van der Waals surface area contributed by atoms with E-state index in [2.05, 4.69) is 27.4 Å². The summed E-state index contributed by atoms with van der Waals surface area (Å²) in [6.45, 7) is 17.3. The second-order valence-electron chi connectivity index (χ2n) is 19.3. The smallest absolute Gasteiger partial charge is 0.408 e. The number of aromatic nitrogens is 1. The summed E-state index contributed by atoms with van der Waals surface area (Å²) in [5.41, 5.74) is -1.10. The number of cyclic esters (lactones) is 1. The van der Waals surface area contributed by atoms with Crippen LogP contribution in [0.5, 0.6) is 0 Å². The summed E-state index contributed by atoms with van der Waals surface area (Å²) >= 11 is 0. The van der Waals surface area contributed by atoms with Crippen LogP contribution in [0.4, 0.5) is 4.79 Å². The number of esters is 1. The molecule has 0 radical (unpaired) electrons. The lowest BCUT2D eigenvalue weighted by Gasteiger charge is -2.47. The molecule has 0 aliphatic carbocycles. The molecule has 15 nitrogen and oxygen atoms in total. The zero-order valence-electron chi connectivity index (χ0n) is 39.6. The van der Waals surface area contributed by atoms with Crippen LogP contribution in [-0.2, 0) is 38.1 Å². The highest BCUT2D eigenvalue weighted by Crippen LogP contribution is 2.41. The summed E-state index contributed by atoms with van der Waals surface area (Å²) in [4.78, 5) is 66.4. The highest BCUT2D eigenvalue weighted by atomic mass is 16.7. The molecule has 15 heteroatoms. The summed E-state index contributed by atoms with van der Waals surface area (Å²) in [5, 5.41) is 19.3. The molecule has 4 aliphatic heterocycles. The number of nitrogens with one attached hydrogen (secondary N) is 2. The molecular formula is C49H73N5O10. The molecule has 0 spiro atoms. The highest BCUT2D eigenvalue weighted by molar-refractivity contribution is 6.00. The van der Waals surface area contributed by atoms with Crippen LogP contribution in [0.2, 0.25) is 0 Å². The van der Waals surface area contributed by atoms with Gasteiger partial charge in [0.25, 0.3) is 0 Å². The van der Waals surface area contributed by atoms with Gasteiger partial charge in [0.15, 0.2) is 17.7 Å². The van der Waals surface area contributed by atoms with Crippen molar-refractivity contribution in [1.82, 2.24) is 25.4 Å². The van der Waals surface area contributed by atoms with E-state index >= 15 is 4.79 Å². The standard InChI is InChI=1S/C49H73N5O10/c1-11-39-49(8)43(52-47(59)64-49)36(28-50-27-35-19-15-21-54(35)12-2)40(55)29(3)25-48(7,60-22-16-17-33-24-34-18-13-14-20-37(34)51-26-33)44(31(5)41(56)32(6)45(58)62-39)63-46-42(57)38(53(9)10)23-30(4)61-46/h13-14,16-18,20,24,26,29-32,35-36,38-39,42-44,46,50,57H,11-12,15,19,21-23,25,27-28H2,1-10H3,(H,52,59)/b17-16+/t29-,30-,31+,32-,35?,36+,38+,39-,42-,43-,44-,46+,48+,49-/m1/s1. The number of amides is 1. The number of benzene rings is 1. The summed E-state index contributed by atoms with van der Waals surface area (Å²) in [6.07, 6.45) is 3.17. The number of alkyl carbamates (subject to hydrolysis) is 1. The first-order chi connectivity index (χ1) is 30.4. The van der Waals surface area contributed by atoms with Crippen LogP contribution in [0.25, 0.3) is 17.0 Å². The third kappa shape index (κ3) is 10.9. The van der Waals surface area contributed by atoms with Crippen molar-refractivity contribution in [2.24, 2.45) is 23.7 Å². The zero-order valence-corrected chi connectivity index (χ0v) is 39.6. The molecule has 1 amide bonds. The molecule has 14 atom stereocenters. The topological polar surface area (TPSA) is 178 Å². The highest BCUT2D eigenvalue weighted by Gasteiger charge is 2.58. The van der Waals surface area contributed by atoms with E-state index in [0.29, 0.717) is 19.0 Å². The van der Waals surface area contributed by atoms with Crippen molar-refractivity contribution in [3.63, 3.8) is 0 Å². The minimum Gasteiger partial charge on any atom is -0.458 e. The second kappa shape index (κ2) is 21.2. The summed E-state index contributed by atoms with van der Waals surface area (Å²) in [7, 11) is 3.76. The quantitative estimate of drug-likeness (QED) is 0.177. The Kier molecular flexibility index (Phi) is 16.4. The second-order valence-corrected chi connectivity index (χ2v) is 19.3. The number of hydrogen-bond acceptors (Lipinski definition) is 14. The number of pyridine rings is 1. The lowest BCUT2D eigenvalue weighted by atomic mass is 9.73. The van der Waals surface area contributed by atoms with Gasteiger partial charge < -0.3 is 44.3 Å². The summed E-state index contributed by atoms with van der Waals surface area (Å²) < 4.78 is 32.2. The largest absolute Gasteiger partial charge is 0.458 e. The normalized spacial score (nSPS) is 37.1. The molecule has 4 fully saturated rings. The van der Waals surface area contributed by atoms with Gasteiger partial charge in [-0.15, -0.1) is 0 Å². The fraction of sp³-hybridized carbons (Fsp3) is 0.694. The number of aliphatic hydroxyl groups excluding tert-OH is 1. The van der Waals surface area contributed by atoms with E-state index in [1.165, 1.54) is 6.92 Å². The predicted molar refractivity (Wildman–Crippen MR) is 243 cm³/mol. The lowest BCUT2D eigenvalue weighted by Crippen LogP contribution is -2.61. The summed E-state index contributed by atoms with van der Waals surface area (Å²) in [6, 6.07) is 8.99. The lowest BCUT2D eigenvalue weighted by molar-refractivity contribution is -0.296. The van der Waals surface area contributed by atoms with Gasteiger partial charge in [-0.3, -0.25) is 24.3 Å². The number of Topliss-reactive ketones (excluding diaryl/α,β-unsaturated/α-hetero) is 2. The first kappa shape index (κ1) is 49.6. The van der Waals surface area contributed by atoms with Crippen molar-refractivity contribution in [1.29, 1.82) is 0 Å². The van der Waals surface area contributed by atoms with Gasteiger partial charge in [0.1, 0.15) is 23.9 Å². The average Bonchev–Trinajstić information content (AvgIpc) is 3.86. The molecule has 0 saturated carbocycles. The van der Waals surface area contributed by atoms with Gasteiger partial charge >= 0.3 is 12.1 Å².